The van der Waals surface area contributed by atoms with Gasteiger partial charge in [0, 0.05) is 19.0 Å². The van der Waals surface area contributed by atoms with Crippen LogP contribution in [0.25, 0.3) is 22.5 Å². The second-order valence-electron chi connectivity index (χ2n) is 5.98. The third-order valence-electron chi connectivity index (χ3n) is 4.01. The maximum atomic E-state index is 5.34. The lowest BCUT2D eigenvalue weighted by Gasteiger charge is -2.07. The van der Waals surface area contributed by atoms with Gasteiger partial charge in [-0.15, -0.1) is 0 Å². The van der Waals surface area contributed by atoms with Gasteiger partial charge in [-0.25, -0.2) is 9.97 Å². The lowest BCUT2D eigenvalue weighted by atomic mass is 10.2. The second kappa shape index (κ2) is 6.91. The highest BCUT2D eigenvalue weighted by Gasteiger charge is 2.13. The van der Waals surface area contributed by atoms with Crippen LogP contribution in [0.3, 0.4) is 0 Å². The predicted molar refractivity (Wildman–Crippen MR) is 97.4 cm³/mol. The summed E-state index contributed by atoms with van der Waals surface area (Å²) in [7, 11) is 1.88. The lowest BCUT2D eigenvalue weighted by Crippen LogP contribution is -2.07. The molecular weight excluding hydrogens is 330 g/mol. The van der Waals surface area contributed by atoms with Crippen molar-refractivity contribution in [3.05, 3.63) is 48.2 Å². The van der Waals surface area contributed by atoms with Gasteiger partial charge in [-0.05, 0) is 18.6 Å². The summed E-state index contributed by atoms with van der Waals surface area (Å²) in [5, 5.41) is 12.5. The van der Waals surface area contributed by atoms with Crippen LogP contribution < -0.4 is 5.32 Å². The molecule has 0 aliphatic carbocycles. The molecule has 1 aromatic carbocycles. The molecule has 3 heterocycles. The maximum absolute atomic E-state index is 5.34. The Labute approximate surface area is 150 Å². The topological polar surface area (TPSA) is 94.5 Å². The van der Waals surface area contributed by atoms with Gasteiger partial charge in [-0.2, -0.15) is 10.1 Å². The highest BCUT2D eigenvalue weighted by Crippen LogP contribution is 2.21. The molecule has 4 rings (SSSR count). The molecule has 26 heavy (non-hydrogen) atoms. The van der Waals surface area contributed by atoms with Gasteiger partial charge in [-0.3, -0.25) is 4.68 Å². The SMILES string of the molecule is CCCc1nc(NCc2noc(-c3ccccc3)n2)c2cnn(C)c2n1. The van der Waals surface area contributed by atoms with Gasteiger partial charge in [0.15, 0.2) is 11.5 Å². The Hall–Kier alpha value is -3.29. The summed E-state index contributed by atoms with van der Waals surface area (Å²) in [5.74, 6) is 2.60. The highest BCUT2D eigenvalue weighted by atomic mass is 16.5. The quantitative estimate of drug-likeness (QED) is 0.572. The minimum Gasteiger partial charge on any atom is -0.362 e. The fourth-order valence-corrected chi connectivity index (χ4v) is 2.72. The Morgan fingerprint density at radius 1 is 1.08 bits per heavy atom. The molecule has 3 aromatic heterocycles. The molecule has 8 heteroatoms. The van der Waals surface area contributed by atoms with E-state index in [1.807, 2.05) is 37.4 Å². The molecule has 8 nitrogen and oxygen atoms in total. The number of rotatable bonds is 6. The van der Waals surface area contributed by atoms with E-state index < -0.39 is 0 Å². The minimum atomic E-state index is 0.406. The van der Waals surface area contributed by atoms with E-state index in [4.69, 9.17) is 4.52 Å². The van der Waals surface area contributed by atoms with Gasteiger partial charge in [0.05, 0.1) is 18.1 Å². The van der Waals surface area contributed by atoms with Crippen LogP contribution in [-0.4, -0.2) is 29.9 Å². The molecule has 1 N–H and O–H groups in total. The van der Waals surface area contributed by atoms with Crippen LogP contribution in [0.15, 0.2) is 41.1 Å². The van der Waals surface area contributed by atoms with Crippen LogP contribution in [0.2, 0.25) is 0 Å². The zero-order valence-corrected chi connectivity index (χ0v) is 14.7. The van der Waals surface area contributed by atoms with Gasteiger partial charge >= 0.3 is 0 Å². The Morgan fingerprint density at radius 3 is 2.73 bits per heavy atom. The van der Waals surface area contributed by atoms with E-state index in [1.54, 1.807) is 10.9 Å². The first kappa shape index (κ1) is 16.2. The van der Waals surface area contributed by atoms with Crippen molar-refractivity contribution in [1.82, 2.24) is 29.9 Å². The van der Waals surface area contributed by atoms with E-state index in [0.29, 0.717) is 18.3 Å². The van der Waals surface area contributed by atoms with Gasteiger partial charge in [0.2, 0.25) is 0 Å². The number of hydrogen-bond donors (Lipinski definition) is 1. The zero-order valence-electron chi connectivity index (χ0n) is 14.7. The first-order valence-corrected chi connectivity index (χ1v) is 8.55. The number of nitrogens with zero attached hydrogens (tertiary/aromatic N) is 6. The lowest BCUT2D eigenvalue weighted by molar-refractivity contribution is 0.423. The summed E-state index contributed by atoms with van der Waals surface area (Å²) < 4.78 is 7.10. The number of anilines is 1. The molecule has 0 unspecified atom stereocenters. The fourth-order valence-electron chi connectivity index (χ4n) is 2.72. The summed E-state index contributed by atoms with van der Waals surface area (Å²) in [6.45, 7) is 2.51. The van der Waals surface area contributed by atoms with Crippen molar-refractivity contribution in [1.29, 1.82) is 0 Å². The van der Waals surface area contributed by atoms with Gasteiger partial charge < -0.3 is 9.84 Å². The summed E-state index contributed by atoms with van der Waals surface area (Å²) in [6, 6.07) is 9.70. The second-order valence-corrected chi connectivity index (χ2v) is 5.98. The van der Waals surface area contributed by atoms with E-state index in [-0.39, 0.29) is 0 Å². The number of aryl methyl sites for hydroxylation is 2. The Morgan fingerprint density at radius 2 is 1.92 bits per heavy atom. The molecule has 4 aromatic rings. The fraction of sp³-hybridized carbons (Fsp3) is 0.278. The zero-order chi connectivity index (χ0) is 17.9. The van der Waals surface area contributed by atoms with Crippen LogP contribution in [0, 0.1) is 0 Å². The summed E-state index contributed by atoms with van der Waals surface area (Å²) in [6.07, 6.45) is 3.56. The van der Waals surface area contributed by atoms with Crippen molar-refractivity contribution in [2.24, 2.45) is 7.05 Å². The van der Waals surface area contributed by atoms with Crippen LogP contribution in [0.5, 0.6) is 0 Å². The van der Waals surface area contributed by atoms with Crippen LogP contribution in [0.1, 0.15) is 25.0 Å². The van der Waals surface area contributed by atoms with Crippen molar-refractivity contribution in [2.75, 3.05) is 5.32 Å². The third-order valence-corrected chi connectivity index (χ3v) is 4.01. The number of hydrogen-bond acceptors (Lipinski definition) is 7. The summed E-state index contributed by atoms with van der Waals surface area (Å²) in [5.41, 5.74) is 1.71. The molecule has 0 aliphatic heterocycles. The van der Waals surface area contributed by atoms with Crippen LogP contribution in [-0.2, 0) is 20.0 Å². The third kappa shape index (κ3) is 3.13. The molecule has 0 radical (unpaired) electrons. The van der Waals surface area contributed by atoms with Crippen LogP contribution in [0.4, 0.5) is 5.82 Å². The highest BCUT2D eigenvalue weighted by molar-refractivity contribution is 5.86. The van der Waals surface area contributed by atoms with Gasteiger partial charge in [-0.1, -0.05) is 30.3 Å². The predicted octanol–water partition coefficient (Wildman–Crippen LogP) is 2.98. The Kier molecular flexibility index (Phi) is 4.30. The van der Waals surface area contributed by atoms with E-state index in [1.165, 1.54) is 0 Å². The Bertz CT molecular complexity index is 1020. The molecule has 0 saturated heterocycles. The van der Waals surface area contributed by atoms with Crippen molar-refractivity contribution in [3.8, 4) is 11.5 Å². The maximum Gasteiger partial charge on any atom is 0.257 e. The van der Waals surface area contributed by atoms with Gasteiger partial charge in [0.1, 0.15) is 11.6 Å². The Balaban J connectivity index is 1.57. The van der Waals surface area contributed by atoms with Crippen molar-refractivity contribution in [2.45, 2.75) is 26.3 Å². The molecular formula is C18H19N7O. The first-order valence-electron chi connectivity index (χ1n) is 8.55. The summed E-state index contributed by atoms with van der Waals surface area (Å²) in [4.78, 5) is 13.6. The summed E-state index contributed by atoms with van der Waals surface area (Å²) >= 11 is 0. The number of aromatic nitrogens is 6. The van der Waals surface area contributed by atoms with E-state index in [2.05, 4.69) is 37.4 Å². The van der Waals surface area contributed by atoms with E-state index >= 15 is 0 Å². The molecule has 0 aliphatic rings. The smallest absolute Gasteiger partial charge is 0.257 e. The van der Waals surface area contributed by atoms with Crippen molar-refractivity contribution >= 4 is 16.9 Å². The normalized spacial score (nSPS) is 11.2. The molecule has 0 fully saturated rings. The van der Waals surface area contributed by atoms with E-state index in [9.17, 15) is 0 Å². The van der Waals surface area contributed by atoms with Gasteiger partial charge in [0.25, 0.3) is 5.89 Å². The number of nitrogens with one attached hydrogen (secondary N) is 1. The van der Waals surface area contributed by atoms with Crippen molar-refractivity contribution < 1.29 is 4.52 Å². The number of benzene rings is 1. The van der Waals surface area contributed by atoms with E-state index in [0.717, 1.165) is 41.1 Å². The molecule has 132 valence electrons. The average molecular weight is 349 g/mol. The molecule has 0 atom stereocenters. The molecule has 0 bridgehead atoms. The number of fused-ring (bicyclic) bond motifs is 1. The molecule has 0 amide bonds. The minimum absolute atomic E-state index is 0.406. The molecule has 0 saturated carbocycles. The average Bonchev–Trinajstić information content (AvgIpc) is 3.28. The largest absolute Gasteiger partial charge is 0.362 e. The first-order chi connectivity index (χ1) is 12.7. The standard InChI is InChI=1S/C18H19N7O/c1-3-7-14-21-16(13-10-20-25(2)17(13)22-14)19-11-15-23-18(26-24-15)12-8-5-4-6-9-12/h4-6,8-10H,3,7,11H2,1-2H3,(H,19,21,22). The monoisotopic (exact) mass is 349 g/mol. The van der Waals surface area contributed by atoms with Crippen molar-refractivity contribution in [3.63, 3.8) is 0 Å². The molecule has 0 spiro atoms. The van der Waals surface area contributed by atoms with Crippen LogP contribution >= 0.6 is 0 Å².